The summed E-state index contributed by atoms with van der Waals surface area (Å²) < 4.78 is 5.13. The summed E-state index contributed by atoms with van der Waals surface area (Å²) >= 11 is 0. The van der Waals surface area contributed by atoms with Crippen LogP contribution >= 0.6 is 0 Å². The third kappa shape index (κ3) is 2.77. The average molecular weight is 246 g/mol. The Labute approximate surface area is 104 Å². The second kappa shape index (κ2) is 5.19. The van der Waals surface area contributed by atoms with Crippen LogP contribution in [0, 0.1) is 0 Å². The number of benzene rings is 1. The van der Waals surface area contributed by atoms with E-state index in [0.717, 1.165) is 11.4 Å². The van der Waals surface area contributed by atoms with Crippen molar-refractivity contribution in [1.29, 1.82) is 0 Å². The maximum Gasteiger partial charge on any atom is 0.223 e. The van der Waals surface area contributed by atoms with Crippen molar-refractivity contribution in [2.75, 3.05) is 23.6 Å². The van der Waals surface area contributed by atoms with E-state index in [-0.39, 0.29) is 5.95 Å². The fraction of sp³-hybridized carbons (Fsp3) is 0.0909. The van der Waals surface area contributed by atoms with E-state index < -0.39 is 0 Å². The Hall–Kier alpha value is -2.54. The second-order valence-electron chi connectivity index (χ2n) is 3.50. The van der Waals surface area contributed by atoms with E-state index in [1.807, 2.05) is 24.3 Å². The molecule has 0 fully saturated rings. The number of nitrogen functional groups attached to an aromatic ring is 2. The smallest absolute Gasteiger partial charge is 0.223 e. The van der Waals surface area contributed by atoms with Crippen LogP contribution in [-0.2, 0) is 0 Å². The molecule has 0 bridgehead atoms. The summed E-state index contributed by atoms with van der Waals surface area (Å²) in [6.07, 6.45) is 0. The highest BCUT2D eigenvalue weighted by atomic mass is 16.5. The topological polar surface area (TPSA) is 111 Å². The molecule has 1 heterocycles. The van der Waals surface area contributed by atoms with Crippen LogP contribution in [0.25, 0.3) is 0 Å². The Morgan fingerprint density at radius 1 is 1.17 bits per heavy atom. The second-order valence-corrected chi connectivity index (χ2v) is 3.50. The van der Waals surface area contributed by atoms with E-state index in [4.69, 9.17) is 16.3 Å². The first-order valence-corrected chi connectivity index (χ1v) is 5.23. The Balaban J connectivity index is 2.24. The van der Waals surface area contributed by atoms with Crippen LogP contribution < -0.4 is 27.1 Å². The fourth-order valence-electron chi connectivity index (χ4n) is 1.45. The highest BCUT2D eigenvalue weighted by Crippen LogP contribution is 2.21. The molecule has 6 N–H and O–H groups in total. The molecule has 0 radical (unpaired) electrons. The van der Waals surface area contributed by atoms with Gasteiger partial charge in [0.15, 0.2) is 0 Å². The summed E-state index contributed by atoms with van der Waals surface area (Å²) in [4.78, 5) is 7.95. The molecule has 0 amide bonds. The molecular formula is C11H14N6O. The van der Waals surface area contributed by atoms with Crippen LogP contribution in [0.4, 0.5) is 23.3 Å². The first-order chi connectivity index (χ1) is 8.71. The fourth-order valence-corrected chi connectivity index (χ4v) is 1.45. The molecule has 0 spiro atoms. The van der Waals surface area contributed by atoms with Gasteiger partial charge < -0.3 is 21.2 Å². The van der Waals surface area contributed by atoms with Crippen LogP contribution in [0.5, 0.6) is 5.75 Å². The Kier molecular flexibility index (Phi) is 3.44. The monoisotopic (exact) mass is 246 g/mol. The molecule has 0 aliphatic carbocycles. The van der Waals surface area contributed by atoms with Gasteiger partial charge in [-0.15, -0.1) is 0 Å². The summed E-state index contributed by atoms with van der Waals surface area (Å²) in [5, 5.41) is 3.09. The highest BCUT2D eigenvalue weighted by Gasteiger charge is 2.02. The standard InChI is InChI=1S/C11H14N6O/c1-18-8-4-2-3-7(5-8)14-9-6-10(17-13)16-11(12)15-9/h2-6H,13H2,1H3,(H4,12,14,15,16,17). The number of hydrogen-bond acceptors (Lipinski definition) is 7. The first kappa shape index (κ1) is 11.9. The van der Waals surface area contributed by atoms with E-state index in [1.54, 1.807) is 13.2 Å². The van der Waals surface area contributed by atoms with Crippen molar-refractivity contribution in [1.82, 2.24) is 9.97 Å². The largest absolute Gasteiger partial charge is 0.497 e. The number of ether oxygens (including phenoxy) is 1. The molecular weight excluding hydrogens is 232 g/mol. The lowest BCUT2D eigenvalue weighted by Crippen LogP contribution is -2.11. The van der Waals surface area contributed by atoms with Gasteiger partial charge in [-0.3, -0.25) is 0 Å². The van der Waals surface area contributed by atoms with Gasteiger partial charge in [-0.1, -0.05) is 6.07 Å². The molecule has 2 aromatic rings. The predicted octanol–water partition coefficient (Wildman–Crippen LogP) is 1.10. The molecule has 1 aromatic heterocycles. The SMILES string of the molecule is COc1cccc(Nc2cc(NN)nc(N)n2)c1. The van der Waals surface area contributed by atoms with E-state index in [1.165, 1.54) is 0 Å². The molecule has 0 atom stereocenters. The Morgan fingerprint density at radius 3 is 2.67 bits per heavy atom. The van der Waals surface area contributed by atoms with Crippen LogP contribution in [0.3, 0.4) is 0 Å². The average Bonchev–Trinajstić information content (AvgIpc) is 2.38. The third-order valence-corrected chi connectivity index (χ3v) is 2.23. The predicted molar refractivity (Wildman–Crippen MR) is 70.5 cm³/mol. The summed E-state index contributed by atoms with van der Waals surface area (Å²) in [5.74, 6) is 7.15. The molecule has 0 unspecified atom stereocenters. The van der Waals surface area contributed by atoms with Crippen molar-refractivity contribution >= 4 is 23.3 Å². The number of hydrazine groups is 1. The summed E-state index contributed by atoms with van der Waals surface area (Å²) in [6, 6.07) is 9.10. The van der Waals surface area contributed by atoms with Gasteiger partial charge >= 0.3 is 0 Å². The summed E-state index contributed by atoms with van der Waals surface area (Å²) in [7, 11) is 1.61. The maximum atomic E-state index is 5.56. The van der Waals surface area contributed by atoms with E-state index in [2.05, 4.69) is 20.7 Å². The first-order valence-electron chi connectivity index (χ1n) is 5.23. The molecule has 0 saturated heterocycles. The maximum absolute atomic E-state index is 5.56. The summed E-state index contributed by atoms with van der Waals surface area (Å²) in [5.41, 5.74) is 8.81. The van der Waals surface area contributed by atoms with E-state index in [9.17, 15) is 0 Å². The molecule has 0 aliphatic heterocycles. The lowest BCUT2D eigenvalue weighted by atomic mass is 10.3. The highest BCUT2D eigenvalue weighted by molar-refractivity contribution is 5.61. The van der Waals surface area contributed by atoms with Crippen LogP contribution in [0.1, 0.15) is 0 Å². The van der Waals surface area contributed by atoms with Gasteiger partial charge in [0.2, 0.25) is 5.95 Å². The number of methoxy groups -OCH3 is 1. The van der Waals surface area contributed by atoms with Crippen LogP contribution in [0.15, 0.2) is 30.3 Å². The number of hydrogen-bond donors (Lipinski definition) is 4. The number of aromatic nitrogens is 2. The third-order valence-electron chi connectivity index (χ3n) is 2.23. The van der Waals surface area contributed by atoms with Crippen LogP contribution in [-0.4, -0.2) is 17.1 Å². The Bertz CT molecular complexity index is 545. The minimum absolute atomic E-state index is 0.135. The molecule has 1 aromatic carbocycles. The molecule has 2 rings (SSSR count). The normalized spacial score (nSPS) is 9.89. The summed E-state index contributed by atoms with van der Waals surface area (Å²) in [6.45, 7) is 0. The van der Waals surface area contributed by atoms with Crippen LogP contribution in [0.2, 0.25) is 0 Å². The quantitative estimate of drug-likeness (QED) is 0.472. The lowest BCUT2D eigenvalue weighted by molar-refractivity contribution is 0.415. The molecule has 7 heteroatoms. The van der Waals surface area contributed by atoms with Crippen molar-refractivity contribution < 1.29 is 4.74 Å². The van der Waals surface area contributed by atoms with Crippen molar-refractivity contribution in [3.8, 4) is 5.75 Å². The van der Waals surface area contributed by atoms with Crippen molar-refractivity contribution in [2.45, 2.75) is 0 Å². The molecule has 0 saturated carbocycles. The van der Waals surface area contributed by atoms with Crippen molar-refractivity contribution in [3.63, 3.8) is 0 Å². The van der Waals surface area contributed by atoms with Gasteiger partial charge in [-0.05, 0) is 12.1 Å². The van der Waals surface area contributed by atoms with E-state index in [0.29, 0.717) is 11.6 Å². The zero-order valence-corrected chi connectivity index (χ0v) is 9.84. The number of rotatable bonds is 4. The zero-order valence-electron chi connectivity index (χ0n) is 9.84. The number of nitrogens with two attached hydrogens (primary N) is 2. The van der Waals surface area contributed by atoms with Crippen molar-refractivity contribution in [2.24, 2.45) is 5.84 Å². The number of nitrogens with zero attached hydrogens (tertiary/aromatic N) is 2. The molecule has 18 heavy (non-hydrogen) atoms. The van der Waals surface area contributed by atoms with Gasteiger partial charge in [0, 0.05) is 17.8 Å². The van der Waals surface area contributed by atoms with Crippen molar-refractivity contribution in [3.05, 3.63) is 30.3 Å². The number of nitrogens with one attached hydrogen (secondary N) is 2. The minimum Gasteiger partial charge on any atom is -0.497 e. The van der Waals surface area contributed by atoms with Gasteiger partial charge in [0.05, 0.1) is 7.11 Å². The van der Waals surface area contributed by atoms with Gasteiger partial charge in [-0.25, -0.2) is 5.84 Å². The minimum atomic E-state index is 0.135. The molecule has 94 valence electrons. The molecule has 7 nitrogen and oxygen atoms in total. The Morgan fingerprint density at radius 2 is 1.94 bits per heavy atom. The molecule has 0 aliphatic rings. The number of anilines is 4. The van der Waals surface area contributed by atoms with Gasteiger partial charge in [0.25, 0.3) is 0 Å². The van der Waals surface area contributed by atoms with Gasteiger partial charge in [-0.2, -0.15) is 9.97 Å². The van der Waals surface area contributed by atoms with E-state index >= 15 is 0 Å². The zero-order chi connectivity index (χ0) is 13.0. The lowest BCUT2D eigenvalue weighted by Gasteiger charge is -2.09. The van der Waals surface area contributed by atoms with Gasteiger partial charge in [0.1, 0.15) is 17.4 Å².